The molecule has 378 valence electrons. The van der Waals surface area contributed by atoms with Gasteiger partial charge in [-0.2, -0.15) is 16.1 Å². The fourth-order valence-corrected chi connectivity index (χ4v) is 11.5. The van der Waals surface area contributed by atoms with Crippen molar-refractivity contribution in [1.82, 2.24) is 40.8 Å². The van der Waals surface area contributed by atoms with Gasteiger partial charge in [-0.25, -0.2) is 33.4 Å². The van der Waals surface area contributed by atoms with Crippen molar-refractivity contribution in [2.45, 2.75) is 101 Å². The second kappa shape index (κ2) is 24.5. The molecule has 0 radical (unpaired) electrons. The van der Waals surface area contributed by atoms with Gasteiger partial charge in [-0.3, -0.25) is 37.3 Å². The number of phosphoric acid groups is 3. The highest BCUT2D eigenvalue weighted by Crippen LogP contribution is 2.61. The molecule has 2 unspecified atom stereocenters. The van der Waals surface area contributed by atoms with Crippen LogP contribution in [-0.2, 0) is 55.5 Å². The zero-order valence-electron chi connectivity index (χ0n) is 36.0. The van der Waals surface area contributed by atoms with E-state index in [4.69, 9.17) is 24.6 Å². The van der Waals surface area contributed by atoms with Crippen molar-refractivity contribution < 1.29 is 95.2 Å². The third kappa shape index (κ3) is 17.5. The largest absolute Gasteiger partial charge is 0.481 e. The number of imidazole rings is 1. The Balaban J connectivity index is 0.000000510. The molecule has 3 aliphatic rings. The van der Waals surface area contributed by atoms with Crippen LogP contribution in [0.3, 0.4) is 0 Å². The normalized spacial score (nSPS) is 24.9. The highest BCUT2D eigenvalue weighted by molar-refractivity contribution is 8.13. The maximum absolute atomic E-state index is 12.6. The first kappa shape index (κ1) is 56.2. The number of aromatic nitrogens is 4. The molecular formula is C33H54N9O20P3S2. The van der Waals surface area contributed by atoms with Gasteiger partial charge in [0.1, 0.15) is 36.3 Å². The molecule has 0 saturated carbocycles. The molecular weight excluding hydrogens is 999 g/mol. The van der Waals surface area contributed by atoms with E-state index < -0.39 is 90.5 Å². The van der Waals surface area contributed by atoms with Crippen molar-refractivity contribution in [1.29, 1.82) is 0 Å². The molecule has 4 amide bonds. The molecule has 3 aliphatic heterocycles. The van der Waals surface area contributed by atoms with E-state index in [0.717, 1.165) is 54.0 Å². The number of carboxylic acids is 1. The van der Waals surface area contributed by atoms with Crippen LogP contribution in [0.25, 0.3) is 11.2 Å². The number of carbonyl (C=O) groups excluding carboxylic acids is 4. The lowest BCUT2D eigenvalue weighted by atomic mass is 9.87. The number of unbranched alkanes of at least 4 members (excludes halogenated alkanes) is 1. The minimum absolute atomic E-state index is 0.0310. The third-order valence-corrected chi connectivity index (χ3v) is 15.3. The Kier molecular flexibility index (Phi) is 20.5. The zero-order valence-corrected chi connectivity index (χ0v) is 40.3. The standard InChI is InChI=1S/C23H38N7O17P3S.C10H16N2O3S/c1-12(31)51-7-6-25-14(32)4-5-26-21(35)18(34)23(2,3)9-44-50(41,42)47-49(39,40)43-8-13-17(46-48(36,37)38)16(33)22(45-13)30-11-29-15-19(24)27-10-28-20(15)30;13-8(14)4-2-1-3-7-9-6(5-16-7)11-10(15)12-9/h10-11,13,16-18,22,33-34H,4-9H2,1-3H3,(H,25,32)(H,26,35)(H,39,40)(H,41,42)(H2,24,27,28)(H2,36,37,38);6-7,9H,1-5H2,(H,13,14)(H2,11,12,15)/t13-,16-,17-,18+,22-;6-,7-,9-/m10/s1. The summed E-state index contributed by atoms with van der Waals surface area (Å²) in [6.45, 7) is 1.90. The molecule has 0 aliphatic carbocycles. The molecule has 13 N–H and O–H groups in total. The number of fused-ring (bicyclic) bond motifs is 2. The minimum Gasteiger partial charge on any atom is -0.481 e. The summed E-state index contributed by atoms with van der Waals surface area (Å²) in [6.07, 6.45) is -4.00. The number of thioether (sulfide) groups is 2. The number of nitrogens with one attached hydrogen (secondary N) is 4. The van der Waals surface area contributed by atoms with E-state index in [2.05, 4.69) is 45.1 Å². The summed E-state index contributed by atoms with van der Waals surface area (Å²) in [6, 6.07) is 0.440. The summed E-state index contributed by atoms with van der Waals surface area (Å²) < 4.78 is 61.8. The number of anilines is 1. The summed E-state index contributed by atoms with van der Waals surface area (Å²) in [5.41, 5.74) is 4.26. The van der Waals surface area contributed by atoms with Crippen LogP contribution in [-0.4, -0.2) is 163 Å². The summed E-state index contributed by atoms with van der Waals surface area (Å²) in [5, 5.41) is 40.8. The van der Waals surface area contributed by atoms with Gasteiger partial charge >= 0.3 is 35.5 Å². The number of phosphoric ester groups is 3. The van der Waals surface area contributed by atoms with Gasteiger partial charge in [0.15, 0.2) is 22.8 Å². The summed E-state index contributed by atoms with van der Waals surface area (Å²) >= 11 is 2.90. The molecule has 2 aromatic heterocycles. The van der Waals surface area contributed by atoms with Crippen molar-refractivity contribution in [3.05, 3.63) is 12.7 Å². The number of rotatable bonds is 24. The van der Waals surface area contributed by atoms with E-state index in [9.17, 15) is 67.5 Å². The predicted octanol–water partition coefficient (Wildman–Crippen LogP) is -0.519. The number of ether oxygens (including phenoxy) is 1. The van der Waals surface area contributed by atoms with Crippen LogP contribution in [0.5, 0.6) is 0 Å². The molecule has 0 aromatic carbocycles. The predicted molar refractivity (Wildman–Crippen MR) is 234 cm³/mol. The Hall–Kier alpha value is -3.35. The van der Waals surface area contributed by atoms with Crippen LogP contribution in [0, 0.1) is 5.41 Å². The van der Waals surface area contributed by atoms with Crippen LogP contribution in [0.2, 0.25) is 0 Å². The number of amides is 4. The van der Waals surface area contributed by atoms with Crippen LogP contribution in [0.1, 0.15) is 59.1 Å². The number of nitrogens with zero attached hydrogens (tertiary/aromatic N) is 4. The fraction of sp³-hybridized carbons (Fsp3) is 0.697. The van der Waals surface area contributed by atoms with Crippen molar-refractivity contribution >= 4 is 92.9 Å². The number of aliphatic hydroxyl groups is 2. The summed E-state index contributed by atoms with van der Waals surface area (Å²) in [5.74, 6) is -0.849. The number of carboxylic acid groups (broad SMARTS) is 1. The molecule has 5 rings (SSSR count). The molecule has 34 heteroatoms. The highest BCUT2D eigenvalue weighted by Gasteiger charge is 2.50. The van der Waals surface area contributed by atoms with Gasteiger partial charge in [-0.1, -0.05) is 32.0 Å². The molecule has 0 bridgehead atoms. The summed E-state index contributed by atoms with van der Waals surface area (Å²) in [4.78, 5) is 107. The Morgan fingerprint density at radius 3 is 2.42 bits per heavy atom. The molecule has 29 nitrogen and oxygen atoms in total. The van der Waals surface area contributed by atoms with Gasteiger partial charge in [0.25, 0.3) is 0 Å². The number of hydrogen-bond acceptors (Lipinski definition) is 21. The quantitative estimate of drug-likeness (QED) is 0.0357. The fourth-order valence-electron chi connectivity index (χ4n) is 6.59. The minimum atomic E-state index is -5.56. The monoisotopic (exact) mass is 1050 g/mol. The second-order valence-electron chi connectivity index (χ2n) is 15.7. The lowest BCUT2D eigenvalue weighted by Gasteiger charge is -2.30. The van der Waals surface area contributed by atoms with Crippen LogP contribution < -0.4 is 27.0 Å². The first-order valence-electron chi connectivity index (χ1n) is 20.1. The first-order valence-corrected chi connectivity index (χ1v) is 26.7. The highest BCUT2D eigenvalue weighted by atomic mass is 32.2. The van der Waals surface area contributed by atoms with E-state index in [-0.39, 0.29) is 66.1 Å². The molecule has 2 aromatic rings. The van der Waals surface area contributed by atoms with E-state index in [1.807, 2.05) is 11.8 Å². The van der Waals surface area contributed by atoms with E-state index in [1.54, 1.807) is 0 Å². The number of aliphatic carboxylic acids is 1. The SMILES string of the molecule is CC(=O)SCCNC(=O)CCNC(=O)[C@H](O)C(C)(C)COP(=O)(O)OP(=O)(O)OC[C@H]1O[C@@H](n2cnc3c(N)ncnc32)[C@H](O)[C@@H]1OP(=O)(O)O.O=C(O)CCCC[C@@H]1SC[C@@H]2NC(=O)N[C@@H]21. The van der Waals surface area contributed by atoms with Gasteiger partial charge in [0.05, 0.1) is 31.6 Å². The number of nitrogen functional groups attached to an aromatic ring is 1. The maximum Gasteiger partial charge on any atom is 0.481 e. The Morgan fingerprint density at radius 2 is 1.75 bits per heavy atom. The maximum atomic E-state index is 12.6. The lowest BCUT2D eigenvalue weighted by molar-refractivity contribution is -0.137. The zero-order chi connectivity index (χ0) is 49.9. The topological polar surface area (TPSA) is 442 Å². The van der Waals surface area contributed by atoms with Gasteiger partial charge < -0.3 is 66.6 Å². The Morgan fingerprint density at radius 1 is 1.04 bits per heavy atom. The molecule has 3 saturated heterocycles. The van der Waals surface area contributed by atoms with Crippen LogP contribution in [0.4, 0.5) is 10.6 Å². The number of carbonyl (C=O) groups is 5. The van der Waals surface area contributed by atoms with Crippen molar-refractivity contribution in [3.63, 3.8) is 0 Å². The average Bonchev–Trinajstić information content (AvgIpc) is 3.99. The first-order chi connectivity index (χ1) is 31.2. The van der Waals surface area contributed by atoms with Crippen LogP contribution >= 0.6 is 47.0 Å². The van der Waals surface area contributed by atoms with Crippen molar-refractivity contribution in [2.24, 2.45) is 5.41 Å². The van der Waals surface area contributed by atoms with Gasteiger partial charge in [0.2, 0.25) is 11.8 Å². The molecule has 0 spiro atoms. The van der Waals surface area contributed by atoms with Crippen molar-refractivity contribution in [2.75, 3.05) is 43.5 Å². The van der Waals surface area contributed by atoms with Gasteiger partial charge in [-0.05, 0) is 12.8 Å². The molecule has 67 heavy (non-hydrogen) atoms. The van der Waals surface area contributed by atoms with E-state index >= 15 is 0 Å². The molecule has 3 fully saturated rings. The Labute approximate surface area is 390 Å². The molecule has 10 atom stereocenters. The smallest absolute Gasteiger partial charge is 0.481 e. The van der Waals surface area contributed by atoms with Crippen LogP contribution in [0.15, 0.2) is 12.7 Å². The number of aliphatic hydroxyl groups excluding tert-OH is 2. The average molecular weight is 1050 g/mol. The second-order valence-corrected chi connectivity index (χ2v) is 22.5. The number of urea groups is 1. The third-order valence-electron chi connectivity index (χ3n) is 9.87. The Bertz CT molecular complexity index is 2220. The van der Waals surface area contributed by atoms with Crippen molar-refractivity contribution in [3.8, 4) is 0 Å². The van der Waals surface area contributed by atoms with Gasteiger partial charge in [-0.15, -0.1) is 0 Å². The number of nitrogens with two attached hydrogens (primary N) is 1. The molecule has 5 heterocycles. The lowest BCUT2D eigenvalue weighted by Crippen LogP contribution is -2.46. The summed E-state index contributed by atoms with van der Waals surface area (Å²) in [7, 11) is -16.4. The number of hydrogen-bond donors (Lipinski definition) is 12. The van der Waals surface area contributed by atoms with E-state index in [1.165, 1.54) is 20.8 Å². The van der Waals surface area contributed by atoms with Gasteiger partial charge in [0, 0.05) is 55.0 Å². The van der Waals surface area contributed by atoms with E-state index in [0.29, 0.717) is 11.0 Å².